The lowest BCUT2D eigenvalue weighted by Crippen LogP contribution is -2.40. The van der Waals surface area contributed by atoms with Crippen LogP contribution in [-0.4, -0.2) is 24.5 Å². The second-order valence-corrected chi connectivity index (χ2v) is 7.12. The van der Waals surface area contributed by atoms with Crippen molar-refractivity contribution in [2.24, 2.45) is 16.8 Å². The van der Waals surface area contributed by atoms with Crippen LogP contribution in [0.4, 0.5) is 0 Å². The van der Waals surface area contributed by atoms with E-state index in [1.165, 1.54) is 30.6 Å². The van der Waals surface area contributed by atoms with Gasteiger partial charge in [-0.3, -0.25) is 4.99 Å². The third-order valence-corrected chi connectivity index (χ3v) is 4.91. The zero-order chi connectivity index (χ0) is 14.4. The van der Waals surface area contributed by atoms with E-state index in [-0.39, 0.29) is 24.0 Å². The molecule has 0 aliphatic heterocycles. The van der Waals surface area contributed by atoms with Gasteiger partial charge in [0.05, 0.1) is 6.54 Å². The summed E-state index contributed by atoms with van der Waals surface area (Å²) in [6, 6.07) is 0. The molecule has 4 nitrogen and oxygen atoms in total. The van der Waals surface area contributed by atoms with Crippen LogP contribution < -0.4 is 10.6 Å². The number of aliphatic imine (C=N–C) groups is 1. The molecule has 21 heavy (non-hydrogen) atoms. The summed E-state index contributed by atoms with van der Waals surface area (Å²) >= 11 is 1.73. The van der Waals surface area contributed by atoms with Gasteiger partial charge in [-0.05, 0) is 31.6 Å². The van der Waals surface area contributed by atoms with Gasteiger partial charge in [0.2, 0.25) is 0 Å². The summed E-state index contributed by atoms with van der Waals surface area (Å²) in [6.45, 7) is 6.22. The lowest BCUT2D eigenvalue weighted by Gasteiger charge is -2.26. The van der Waals surface area contributed by atoms with Gasteiger partial charge in [0, 0.05) is 24.7 Å². The van der Waals surface area contributed by atoms with E-state index < -0.39 is 0 Å². The van der Waals surface area contributed by atoms with Gasteiger partial charge in [-0.25, -0.2) is 4.98 Å². The largest absolute Gasteiger partial charge is 0.356 e. The van der Waals surface area contributed by atoms with Crippen molar-refractivity contribution in [3.63, 3.8) is 0 Å². The van der Waals surface area contributed by atoms with Crippen LogP contribution in [0.5, 0.6) is 0 Å². The maximum Gasteiger partial charge on any atom is 0.191 e. The molecule has 2 N–H and O–H groups in total. The van der Waals surface area contributed by atoms with Crippen molar-refractivity contribution in [3.8, 4) is 0 Å². The first-order chi connectivity index (χ1) is 9.67. The minimum atomic E-state index is 0. The van der Waals surface area contributed by atoms with Gasteiger partial charge in [0.1, 0.15) is 5.01 Å². The molecule has 6 heteroatoms. The molecule has 1 aromatic rings. The van der Waals surface area contributed by atoms with E-state index in [0.717, 1.165) is 35.9 Å². The Balaban J connectivity index is 0.00000220. The Bertz CT molecular complexity index is 439. The first-order valence-corrected chi connectivity index (χ1v) is 8.35. The molecule has 1 fully saturated rings. The topological polar surface area (TPSA) is 49.3 Å². The molecule has 1 aromatic heterocycles. The van der Waals surface area contributed by atoms with Gasteiger partial charge in [0.15, 0.2) is 5.96 Å². The van der Waals surface area contributed by atoms with Crippen LogP contribution in [-0.2, 0) is 6.54 Å². The Hall–Kier alpha value is -0.370. The summed E-state index contributed by atoms with van der Waals surface area (Å²) in [5.41, 5.74) is 0. The zero-order valence-corrected chi connectivity index (χ0v) is 16.3. The average Bonchev–Trinajstić information content (AvgIpc) is 2.87. The lowest BCUT2D eigenvalue weighted by molar-refractivity contribution is 0.289. The molecule has 0 bridgehead atoms. The van der Waals surface area contributed by atoms with E-state index >= 15 is 0 Å². The van der Waals surface area contributed by atoms with Crippen LogP contribution in [0.1, 0.15) is 42.5 Å². The van der Waals surface area contributed by atoms with Crippen molar-refractivity contribution in [3.05, 3.63) is 16.1 Å². The van der Waals surface area contributed by atoms with Crippen LogP contribution in [0, 0.1) is 18.8 Å². The molecule has 2 rings (SSSR count). The van der Waals surface area contributed by atoms with Crippen LogP contribution in [0.15, 0.2) is 11.2 Å². The van der Waals surface area contributed by atoms with E-state index in [0.29, 0.717) is 0 Å². The van der Waals surface area contributed by atoms with Gasteiger partial charge in [-0.15, -0.1) is 35.3 Å². The molecule has 0 atom stereocenters. The van der Waals surface area contributed by atoms with Crippen molar-refractivity contribution in [1.29, 1.82) is 0 Å². The number of rotatable bonds is 4. The summed E-state index contributed by atoms with van der Waals surface area (Å²) < 4.78 is 0. The van der Waals surface area contributed by atoms with Crippen LogP contribution >= 0.6 is 35.3 Å². The molecule has 0 unspecified atom stereocenters. The smallest absolute Gasteiger partial charge is 0.191 e. The summed E-state index contributed by atoms with van der Waals surface area (Å²) in [5, 5.41) is 7.89. The minimum Gasteiger partial charge on any atom is -0.356 e. The Morgan fingerprint density at radius 1 is 1.33 bits per heavy atom. The van der Waals surface area contributed by atoms with Crippen molar-refractivity contribution in [1.82, 2.24) is 15.6 Å². The normalized spacial score (nSPS) is 22.5. The predicted molar refractivity (Wildman–Crippen MR) is 102 cm³/mol. The standard InChI is InChI=1S/C15H26N4S.HI/c1-11-4-6-13(7-5-11)9-18-15(16-3)19-10-14-17-8-12(2)20-14;/h8,11,13H,4-7,9-10H2,1-3H3,(H2,16,18,19);1H. The van der Waals surface area contributed by atoms with Crippen molar-refractivity contribution >= 4 is 41.3 Å². The van der Waals surface area contributed by atoms with Crippen LogP contribution in [0.3, 0.4) is 0 Å². The molecule has 1 aliphatic rings. The van der Waals surface area contributed by atoms with E-state index in [1.54, 1.807) is 11.3 Å². The molecule has 1 saturated carbocycles. The molecule has 0 radical (unpaired) electrons. The first kappa shape index (κ1) is 18.7. The Morgan fingerprint density at radius 2 is 2.05 bits per heavy atom. The fourth-order valence-electron chi connectivity index (χ4n) is 2.64. The van der Waals surface area contributed by atoms with Gasteiger partial charge in [-0.2, -0.15) is 0 Å². The summed E-state index contributed by atoms with van der Waals surface area (Å²) in [6.07, 6.45) is 7.35. The number of hydrogen-bond acceptors (Lipinski definition) is 3. The molecular formula is C15H27IN4S. The van der Waals surface area contributed by atoms with Gasteiger partial charge < -0.3 is 10.6 Å². The highest BCUT2D eigenvalue weighted by molar-refractivity contribution is 14.0. The Labute approximate surface area is 149 Å². The van der Waals surface area contributed by atoms with Crippen LogP contribution in [0.25, 0.3) is 0 Å². The zero-order valence-electron chi connectivity index (χ0n) is 13.2. The molecule has 0 spiro atoms. The molecule has 120 valence electrons. The number of nitrogens with zero attached hydrogens (tertiary/aromatic N) is 2. The van der Waals surface area contributed by atoms with E-state index in [2.05, 4.69) is 34.5 Å². The number of aryl methyl sites for hydroxylation is 1. The number of nitrogens with one attached hydrogen (secondary N) is 2. The minimum absolute atomic E-state index is 0. The summed E-state index contributed by atoms with van der Waals surface area (Å²) in [7, 11) is 1.82. The number of guanidine groups is 1. The quantitative estimate of drug-likeness (QED) is 0.443. The molecule has 1 heterocycles. The van der Waals surface area contributed by atoms with Crippen LogP contribution in [0.2, 0.25) is 0 Å². The van der Waals surface area contributed by atoms with Gasteiger partial charge >= 0.3 is 0 Å². The third-order valence-electron chi connectivity index (χ3n) is 3.99. The monoisotopic (exact) mass is 422 g/mol. The number of hydrogen-bond donors (Lipinski definition) is 2. The molecule has 0 saturated heterocycles. The highest BCUT2D eigenvalue weighted by Crippen LogP contribution is 2.27. The van der Waals surface area contributed by atoms with E-state index in [4.69, 9.17) is 0 Å². The molecule has 0 amide bonds. The maximum absolute atomic E-state index is 4.35. The number of thiazole rings is 1. The summed E-state index contributed by atoms with van der Waals surface area (Å²) in [4.78, 5) is 9.89. The van der Waals surface area contributed by atoms with Gasteiger partial charge in [0.25, 0.3) is 0 Å². The Kier molecular flexibility index (Phi) is 8.55. The number of halogens is 1. The average molecular weight is 422 g/mol. The van der Waals surface area contributed by atoms with E-state index in [9.17, 15) is 0 Å². The SMILES string of the molecule is CN=C(NCc1ncc(C)s1)NCC1CCC(C)CC1.I. The van der Waals surface area contributed by atoms with E-state index in [1.807, 2.05) is 13.2 Å². The maximum atomic E-state index is 4.35. The number of aromatic nitrogens is 1. The second-order valence-electron chi connectivity index (χ2n) is 5.80. The molecular weight excluding hydrogens is 395 g/mol. The van der Waals surface area contributed by atoms with Crippen molar-refractivity contribution in [2.75, 3.05) is 13.6 Å². The summed E-state index contributed by atoms with van der Waals surface area (Å²) in [5.74, 6) is 2.60. The highest BCUT2D eigenvalue weighted by Gasteiger charge is 2.18. The highest BCUT2D eigenvalue weighted by atomic mass is 127. The predicted octanol–water partition coefficient (Wildman–Crippen LogP) is 3.56. The fraction of sp³-hybridized carbons (Fsp3) is 0.733. The fourth-order valence-corrected chi connectivity index (χ4v) is 3.36. The molecule has 1 aliphatic carbocycles. The van der Waals surface area contributed by atoms with Crippen molar-refractivity contribution < 1.29 is 0 Å². The first-order valence-electron chi connectivity index (χ1n) is 7.53. The van der Waals surface area contributed by atoms with Crippen molar-refractivity contribution in [2.45, 2.75) is 46.1 Å². The van der Waals surface area contributed by atoms with Gasteiger partial charge in [-0.1, -0.05) is 19.8 Å². The Morgan fingerprint density at radius 3 is 2.62 bits per heavy atom. The molecule has 0 aromatic carbocycles. The second kappa shape index (κ2) is 9.61. The lowest BCUT2D eigenvalue weighted by atomic mass is 9.83. The third kappa shape index (κ3) is 6.50.